The van der Waals surface area contributed by atoms with Crippen molar-refractivity contribution in [2.45, 2.75) is 43.1 Å². The Balaban J connectivity index is 2.04. The zero-order valence-corrected chi connectivity index (χ0v) is 11.0. The third-order valence-corrected chi connectivity index (χ3v) is 3.70. The number of urea groups is 1. The second kappa shape index (κ2) is 4.97. The number of aromatic nitrogens is 3. The van der Waals surface area contributed by atoms with E-state index in [4.69, 9.17) is 5.73 Å². The number of primary amides is 1. The number of amides is 3. The van der Waals surface area contributed by atoms with Gasteiger partial charge in [0.25, 0.3) is 0 Å². The molecule has 1 aliphatic rings. The fourth-order valence-electron chi connectivity index (χ4n) is 1.62. The molecule has 0 aromatic carbocycles. The molecule has 3 amide bonds. The first-order valence-corrected chi connectivity index (χ1v) is 6.55. The quantitative estimate of drug-likeness (QED) is 0.779. The van der Waals surface area contributed by atoms with E-state index in [9.17, 15) is 9.59 Å². The molecule has 1 heterocycles. The summed E-state index contributed by atoms with van der Waals surface area (Å²) in [5.74, 6) is 0.429. The SMILES string of the molecule is Cc1nnc(SC(C)C(=O)NC(N)=O)n1C1CC1. The number of carbonyl (C=O) groups is 2. The van der Waals surface area contributed by atoms with E-state index in [-0.39, 0.29) is 0 Å². The fourth-order valence-corrected chi connectivity index (χ4v) is 2.58. The van der Waals surface area contributed by atoms with Gasteiger partial charge in [0.1, 0.15) is 5.82 Å². The largest absolute Gasteiger partial charge is 0.351 e. The number of rotatable bonds is 4. The van der Waals surface area contributed by atoms with Crippen molar-refractivity contribution in [3.8, 4) is 0 Å². The standard InChI is InChI=1S/C10H15N5O2S/c1-5(8(16)12-9(11)17)18-10-14-13-6(2)15(10)7-3-4-7/h5,7H,3-4H2,1-2H3,(H3,11,12,16,17). The Morgan fingerprint density at radius 3 is 2.72 bits per heavy atom. The lowest BCUT2D eigenvalue weighted by Gasteiger charge is -2.11. The number of thioether (sulfide) groups is 1. The normalized spacial score (nSPS) is 16.3. The van der Waals surface area contributed by atoms with Crippen LogP contribution in [0.15, 0.2) is 5.16 Å². The summed E-state index contributed by atoms with van der Waals surface area (Å²) in [6, 6.07) is -0.388. The smallest absolute Gasteiger partial charge is 0.318 e. The highest BCUT2D eigenvalue weighted by atomic mass is 32.2. The van der Waals surface area contributed by atoms with Crippen LogP contribution >= 0.6 is 11.8 Å². The number of hydrogen-bond acceptors (Lipinski definition) is 5. The van der Waals surface area contributed by atoms with Crippen molar-refractivity contribution in [2.24, 2.45) is 5.73 Å². The molecule has 1 aliphatic carbocycles. The second-order valence-corrected chi connectivity index (χ2v) is 5.55. The topological polar surface area (TPSA) is 103 Å². The summed E-state index contributed by atoms with van der Waals surface area (Å²) in [6.07, 6.45) is 2.24. The van der Waals surface area contributed by atoms with Crippen molar-refractivity contribution in [1.82, 2.24) is 20.1 Å². The first kappa shape index (κ1) is 12.9. The van der Waals surface area contributed by atoms with Crippen molar-refractivity contribution >= 4 is 23.7 Å². The zero-order chi connectivity index (χ0) is 13.3. The lowest BCUT2D eigenvalue weighted by atomic mass is 10.4. The third-order valence-electron chi connectivity index (χ3n) is 2.64. The minimum absolute atomic E-state index is 0.421. The molecule has 98 valence electrons. The lowest BCUT2D eigenvalue weighted by Crippen LogP contribution is -2.39. The molecule has 0 bridgehead atoms. The number of carbonyl (C=O) groups excluding carboxylic acids is 2. The van der Waals surface area contributed by atoms with Crippen LogP contribution in [0.25, 0.3) is 0 Å². The molecule has 0 spiro atoms. The van der Waals surface area contributed by atoms with E-state index in [2.05, 4.69) is 15.5 Å². The molecule has 18 heavy (non-hydrogen) atoms. The van der Waals surface area contributed by atoms with Gasteiger partial charge in [-0.3, -0.25) is 10.1 Å². The minimum Gasteiger partial charge on any atom is -0.351 e. The Morgan fingerprint density at radius 1 is 1.50 bits per heavy atom. The van der Waals surface area contributed by atoms with Crippen LogP contribution in [0.3, 0.4) is 0 Å². The van der Waals surface area contributed by atoms with Gasteiger partial charge >= 0.3 is 6.03 Å². The van der Waals surface area contributed by atoms with E-state index < -0.39 is 17.2 Å². The van der Waals surface area contributed by atoms with Crippen LogP contribution in [0.5, 0.6) is 0 Å². The lowest BCUT2D eigenvalue weighted by molar-refractivity contribution is -0.119. The van der Waals surface area contributed by atoms with Crippen LogP contribution in [-0.2, 0) is 4.79 Å². The fraction of sp³-hybridized carbons (Fsp3) is 0.600. The summed E-state index contributed by atoms with van der Waals surface area (Å²) in [5.41, 5.74) is 4.90. The number of hydrogen-bond donors (Lipinski definition) is 2. The van der Waals surface area contributed by atoms with Crippen molar-refractivity contribution in [2.75, 3.05) is 0 Å². The first-order chi connectivity index (χ1) is 8.49. The Labute approximate surface area is 109 Å². The molecule has 1 saturated carbocycles. The third kappa shape index (κ3) is 2.81. The van der Waals surface area contributed by atoms with Gasteiger partial charge in [-0.05, 0) is 26.7 Å². The van der Waals surface area contributed by atoms with Crippen LogP contribution in [0.4, 0.5) is 4.79 Å². The molecular formula is C10H15N5O2S. The Hall–Kier alpha value is -1.57. The summed E-state index contributed by atoms with van der Waals surface area (Å²) in [7, 11) is 0. The second-order valence-electron chi connectivity index (χ2n) is 4.24. The number of nitrogens with one attached hydrogen (secondary N) is 1. The van der Waals surface area contributed by atoms with E-state index in [1.54, 1.807) is 6.92 Å². The average Bonchev–Trinajstić information content (AvgIpc) is 3.04. The molecule has 0 saturated heterocycles. The maximum Gasteiger partial charge on any atom is 0.318 e. The van der Waals surface area contributed by atoms with Crippen molar-refractivity contribution < 1.29 is 9.59 Å². The molecule has 8 heteroatoms. The summed E-state index contributed by atoms with van der Waals surface area (Å²) in [5, 5.41) is 10.4. The highest BCUT2D eigenvalue weighted by molar-refractivity contribution is 8.00. The maximum absolute atomic E-state index is 11.6. The van der Waals surface area contributed by atoms with Crippen LogP contribution in [-0.4, -0.2) is 32.0 Å². The molecule has 7 nitrogen and oxygen atoms in total. The highest BCUT2D eigenvalue weighted by Crippen LogP contribution is 2.39. The van der Waals surface area contributed by atoms with Gasteiger partial charge in [-0.2, -0.15) is 0 Å². The summed E-state index contributed by atoms with van der Waals surface area (Å²) < 4.78 is 2.04. The van der Waals surface area contributed by atoms with Crippen molar-refractivity contribution in [1.29, 1.82) is 0 Å². The van der Waals surface area contributed by atoms with E-state index in [1.165, 1.54) is 11.8 Å². The summed E-state index contributed by atoms with van der Waals surface area (Å²) in [6.45, 7) is 3.59. The van der Waals surface area contributed by atoms with Gasteiger partial charge in [-0.15, -0.1) is 10.2 Å². The molecule has 1 fully saturated rings. The van der Waals surface area contributed by atoms with Crippen molar-refractivity contribution in [3.05, 3.63) is 5.82 Å². The van der Waals surface area contributed by atoms with Gasteiger partial charge in [-0.25, -0.2) is 4.79 Å². The number of aryl methyl sites for hydroxylation is 1. The molecule has 2 rings (SSSR count). The summed E-state index contributed by atoms with van der Waals surface area (Å²) >= 11 is 1.28. The zero-order valence-electron chi connectivity index (χ0n) is 10.2. The molecule has 3 N–H and O–H groups in total. The van der Waals surface area contributed by atoms with Crippen LogP contribution in [0.1, 0.15) is 31.6 Å². The van der Waals surface area contributed by atoms with Crippen LogP contribution < -0.4 is 11.1 Å². The number of nitrogens with zero attached hydrogens (tertiary/aromatic N) is 3. The van der Waals surface area contributed by atoms with Crippen LogP contribution in [0.2, 0.25) is 0 Å². The number of imide groups is 1. The van der Waals surface area contributed by atoms with Gasteiger partial charge in [0.05, 0.1) is 5.25 Å². The van der Waals surface area contributed by atoms with Gasteiger partial charge in [0, 0.05) is 6.04 Å². The maximum atomic E-state index is 11.6. The van der Waals surface area contributed by atoms with E-state index in [1.807, 2.05) is 11.5 Å². The summed E-state index contributed by atoms with van der Waals surface area (Å²) in [4.78, 5) is 22.2. The van der Waals surface area contributed by atoms with Gasteiger partial charge in [0.15, 0.2) is 5.16 Å². The molecular weight excluding hydrogens is 254 g/mol. The van der Waals surface area contributed by atoms with Gasteiger partial charge in [-0.1, -0.05) is 11.8 Å². The first-order valence-electron chi connectivity index (χ1n) is 5.67. The van der Waals surface area contributed by atoms with Crippen molar-refractivity contribution in [3.63, 3.8) is 0 Å². The van der Waals surface area contributed by atoms with E-state index in [0.29, 0.717) is 11.2 Å². The average molecular weight is 269 g/mol. The Morgan fingerprint density at radius 2 is 2.17 bits per heavy atom. The van der Waals surface area contributed by atoms with Gasteiger partial charge in [0.2, 0.25) is 5.91 Å². The van der Waals surface area contributed by atoms with E-state index in [0.717, 1.165) is 18.7 Å². The molecule has 0 aliphatic heterocycles. The predicted octanol–water partition coefficient (Wildman–Crippen LogP) is 0.597. The van der Waals surface area contributed by atoms with Gasteiger partial charge < -0.3 is 10.3 Å². The number of nitrogens with two attached hydrogens (primary N) is 1. The Bertz CT molecular complexity index is 483. The van der Waals surface area contributed by atoms with Crippen LogP contribution in [0, 0.1) is 6.92 Å². The molecule has 1 aromatic heterocycles. The molecule has 1 unspecified atom stereocenters. The molecule has 1 aromatic rings. The molecule has 1 atom stereocenters. The van der Waals surface area contributed by atoms with E-state index >= 15 is 0 Å². The predicted molar refractivity (Wildman–Crippen MR) is 66.1 cm³/mol. The monoisotopic (exact) mass is 269 g/mol. The Kier molecular flexibility index (Phi) is 3.55. The minimum atomic E-state index is -0.840. The highest BCUT2D eigenvalue weighted by Gasteiger charge is 2.29. The molecule has 0 radical (unpaired) electrons.